The summed E-state index contributed by atoms with van der Waals surface area (Å²) in [6, 6.07) is 0. The molecule has 0 saturated heterocycles. The Kier molecular flexibility index (Phi) is 5.25. The molecule has 1 rings (SSSR count). The van der Waals surface area contributed by atoms with Gasteiger partial charge in [-0.3, -0.25) is 0 Å². The Bertz CT molecular complexity index is 290. The molecule has 0 bridgehead atoms. The molecule has 0 N–H and O–H groups in total. The number of hydrogen-bond acceptors (Lipinski definition) is 4. The number of hydrogen-bond donors (Lipinski definition) is 0. The zero-order valence-corrected chi connectivity index (χ0v) is 11.2. The first-order chi connectivity index (χ1) is 7.95. The first-order valence-electron chi connectivity index (χ1n) is 5.99. The van der Waals surface area contributed by atoms with Crippen LogP contribution in [0.5, 0.6) is 0 Å². The number of rotatable bonds is 2. The second kappa shape index (κ2) is 6.24. The minimum absolute atomic E-state index is 0.206. The van der Waals surface area contributed by atoms with E-state index < -0.39 is 11.9 Å². The topological polar surface area (TPSA) is 52.6 Å². The fraction of sp³-hybridized carbons (Fsp3) is 0.833. The van der Waals surface area contributed by atoms with Crippen LogP contribution in [0.3, 0.4) is 0 Å². The molecule has 3 unspecified atom stereocenters. The lowest BCUT2D eigenvalue weighted by atomic mass is 9.75. The van der Waals surface area contributed by atoms with Crippen LogP contribution in [0.15, 0.2) is 0 Å². The largest absolute Gasteiger partial charge is 0.454 e. The summed E-state index contributed by atoms with van der Waals surface area (Å²) in [4.78, 5) is 22.3. The van der Waals surface area contributed by atoms with Crippen molar-refractivity contribution in [3.63, 3.8) is 0 Å². The molecule has 0 radical (unpaired) electrons. The van der Waals surface area contributed by atoms with Gasteiger partial charge in [0.05, 0.1) is 0 Å². The highest BCUT2D eigenvalue weighted by molar-refractivity contribution is 6.35. The summed E-state index contributed by atoms with van der Waals surface area (Å²) in [5, 5.41) is 0. The quantitative estimate of drug-likeness (QED) is 0.567. The first kappa shape index (κ1) is 14.3. The molecule has 0 heterocycles. The number of halogens is 1. The highest BCUT2D eigenvalue weighted by Gasteiger charge is 2.35. The van der Waals surface area contributed by atoms with Crippen molar-refractivity contribution in [2.24, 2.45) is 17.8 Å². The van der Waals surface area contributed by atoms with E-state index in [2.05, 4.69) is 25.1 Å². The lowest BCUT2D eigenvalue weighted by Crippen LogP contribution is -2.37. The van der Waals surface area contributed by atoms with Crippen LogP contribution in [0.4, 0.5) is 0 Å². The number of esters is 1. The van der Waals surface area contributed by atoms with Gasteiger partial charge < -0.3 is 9.03 Å². The minimum Gasteiger partial charge on any atom is -0.454 e. The van der Waals surface area contributed by atoms with Crippen LogP contribution < -0.4 is 0 Å². The van der Waals surface area contributed by atoms with Gasteiger partial charge >= 0.3 is 11.9 Å². The van der Waals surface area contributed by atoms with Gasteiger partial charge in [-0.2, -0.15) is 0 Å². The van der Waals surface area contributed by atoms with Crippen molar-refractivity contribution in [2.75, 3.05) is 0 Å². The van der Waals surface area contributed by atoms with Gasteiger partial charge in [-0.25, -0.2) is 9.59 Å². The van der Waals surface area contributed by atoms with Crippen LogP contribution in [-0.2, 0) is 18.6 Å². The van der Waals surface area contributed by atoms with Crippen LogP contribution in [0, 0.1) is 17.8 Å². The van der Waals surface area contributed by atoms with Crippen LogP contribution in [0.1, 0.15) is 40.0 Å². The molecule has 0 aliphatic heterocycles. The molecule has 5 heteroatoms. The van der Waals surface area contributed by atoms with Gasteiger partial charge in [0.2, 0.25) is 0 Å². The average Bonchev–Trinajstić information content (AvgIpc) is 2.27. The lowest BCUT2D eigenvalue weighted by molar-refractivity contribution is -0.170. The number of carbonyl (C=O) groups excluding carboxylic acids is 2. The Morgan fingerprint density at radius 1 is 1.24 bits per heavy atom. The normalized spacial score (nSPS) is 28.9. The van der Waals surface area contributed by atoms with E-state index in [-0.39, 0.29) is 6.10 Å². The Morgan fingerprint density at radius 3 is 2.41 bits per heavy atom. The van der Waals surface area contributed by atoms with Gasteiger partial charge in [-0.1, -0.05) is 27.2 Å². The molecule has 1 aliphatic carbocycles. The Balaban J connectivity index is 2.63. The van der Waals surface area contributed by atoms with Gasteiger partial charge in [-0.05, 0) is 30.6 Å². The maximum Gasteiger partial charge on any atom is 0.435 e. The molecule has 0 spiro atoms. The summed E-state index contributed by atoms with van der Waals surface area (Å²) in [6.07, 6.45) is 2.75. The third-order valence-corrected chi connectivity index (χ3v) is 3.60. The van der Waals surface area contributed by atoms with Crippen molar-refractivity contribution in [1.82, 2.24) is 0 Å². The van der Waals surface area contributed by atoms with Gasteiger partial charge in [0.1, 0.15) is 18.0 Å². The fourth-order valence-electron chi connectivity index (χ4n) is 2.47. The molecule has 3 atom stereocenters. The van der Waals surface area contributed by atoms with E-state index in [1.807, 2.05) is 0 Å². The van der Waals surface area contributed by atoms with Crippen LogP contribution >= 0.6 is 11.9 Å². The van der Waals surface area contributed by atoms with Crippen molar-refractivity contribution in [2.45, 2.75) is 46.1 Å². The zero-order valence-electron chi connectivity index (χ0n) is 10.4. The van der Waals surface area contributed by atoms with Gasteiger partial charge in [0, 0.05) is 0 Å². The van der Waals surface area contributed by atoms with E-state index in [0.29, 0.717) is 17.8 Å². The smallest absolute Gasteiger partial charge is 0.435 e. The van der Waals surface area contributed by atoms with E-state index in [1.54, 1.807) is 0 Å². The van der Waals surface area contributed by atoms with Crippen molar-refractivity contribution in [1.29, 1.82) is 0 Å². The van der Waals surface area contributed by atoms with Gasteiger partial charge in [-0.15, -0.1) is 0 Å². The molecular weight excluding hydrogens is 244 g/mol. The van der Waals surface area contributed by atoms with Crippen LogP contribution in [0.25, 0.3) is 0 Å². The predicted molar refractivity (Wildman–Crippen MR) is 63.2 cm³/mol. The summed E-state index contributed by atoms with van der Waals surface area (Å²) in [6.45, 7) is 6.32. The molecular formula is C12H19ClO4. The molecule has 1 fully saturated rings. The summed E-state index contributed by atoms with van der Waals surface area (Å²) in [5.41, 5.74) is 0. The van der Waals surface area contributed by atoms with Crippen LogP contribution in [0.2, 0.25) is 0 Å². The SMILES string of the molecule is CC1CCC(C(C)C)C(OC(=O)C(=O)OCl)C1. The molecule has 4 nitrogen and oxygen atoms in total. The Labute approximate surface area is 107 Å². The Hall–Kier alpha value is -0.770. The first-order valence-corrected chi connectivity index (χ1v) is 6.30. The molecule has 0 aromatic heterocycles. The fourth-order valence-corrected chi connectivity index (χ4v) is 2.53. The zero-order chi connectivity index (χ0) is 13.0. The monoisotopic (exact) mass is 262 g/mol. The summed E-state index contributed by atoms with van der Waals surface area (Å²) in [7, 11) is 0. The predicted octanol–water partition coefficient (Wildman–Crippen LogP) is 2.69. The number of carbonyl (C=O) groups is 2. The molecule has 0 amide bonds. The molecule has 1 aliphatic rings. The van der Waals surface area contributed by atoms with Crippen molar-refractivity contribution >= 4 is 23.8 Å². The second-order valence-corrected chi connectivity index (χ2v) is 5.29. The van der Waals surface area contributed by atoms with E-state index in [1.165, 1.54) is 0 Å². The highest BCUT2D eigenvalue weighted by atomic mass is 35.5. The van der Waals surface area contributed by atoms with Crippen molar-refractivity contribution < 1.29 is 18.6 Å². The minimum atomic E-state index is -1.15. The summed E-state index contributed by atoms with van der Waals surface area (Å²) in [5.74, 6) is -0.905. The standard InChI is InChI=1S/C12H19ClO4/c1-7(2)9-5-4-8(3)6-10(9)16-11(14)12(15)17-13/h7-10H,4-6H2,1-3H3. The molecule has 17 heavy (non-hydrogen) atoms. The lowest BCUT2D eigenvalue weighted by Gasteiger charge is -2.36. The third-order valence-electron chi connectivity index (χ3n) is 3.46. The summed E-state index contributed by atoms with van der Waals surface area (Å²) < 4.78 is 9.03. The molecule has 0 aromatic carbocycles. The highest BCUT2D eigenvalue weighted by Crippen LogP contribution is 2.35. The van der Waals surface area contributed by atoms with E-state index in [0.717, 1.165) is 19.3 Å². The molecule has 98 valence electrons. The van der Waals surface area contributed by atoms with Crippen LogP contribution in [-0.4, -0.2) is 18.0 Å². The number of ether oxygens (including phenoxy) is 1. The molecule has 1 saturated carbocycles. The Morgan fingerprint density at radius 2 is 1.88 bits per heavy atom. The van der Waals surface area contributed by atoms with Crippen molar-refractivity contribution in [3.05, 3.63) is 0 Å². The second-order valence-electron chi connectivity index (χ2n) is 5.13. The van der Waals surface area contributed by atoms with Gasteiger partial charge in [0.15, 0.2) is 0 Å². The third kappa shape index (κ3) is 3.87. The molecule has 0 aromatic rings. The average molecular weight is 263 g/mol. The van der Waals surface area contributed by atoms with E-state index in [4.69, 9.17) is 16.6 Å². The maximum absolute atomic E-state index is 11.3. The maximum atomic E-state index is 11.3. The van der Waals surface area contributed by atoms with E-state index in [9.17, 15) is 9.59 Å². The van der Waals surface area contributed by atoms with E-state index >= 15 is 0 Å². The van der Waals surface area contributed by atoms with Crippen molar-refractivity contribution in [3.8, 4) is 0 Å². The summed E-state index contributed by atoms with van der Waals surface area (Å²) >= 11 is 4.84. The van der Waals surface area contributed by atoms with Gasteiger partial charge in [0.25, 0.3) is 0 Å².